The summed E-state index contributed by atoms with van der Waals surface area (Å²) in [5, 5.41) is 2.80. The molecule has 1 aliphatic heterocycles. The monoisotopic (exact) mass is 535 g/mol. The van der Waals surface area contributed by atoms with Crippen molar-refractivity contribution in [3.63, 3.8) is 0 Å². The number of aryl methyl sites for hydroxylation is 1. The third kappa shape index (κ3) is 5.61. The van der Waals surface area contributed by atoms with Crippen LogP contribution >= 0.6 is 11.6 Å². The molecule has 7 heteroatoms. The van der Waals surface area contributed by atoms with Crippen LogP contribution in [-0.2, 0) is 22.7 Å². The number of hydrogen-bond donors (Lipinski definition) is 1. The highest BCUT2D eigenvalue weighted by atomic mass is 35.5. The van der Waals surface area contributed by atoms with Crippen LogP contribution in [0.15, 0.2) is 120 Å². The predicted molar refractivity (Wildman–Crippen MR) is 153 cm³/mol. The summed E-state index contributed by atoms with van der Waals surface area (Å²) < 4.78 is 0. The first kappa shape index (κ1) is 25.9. The molecule has 39 heavy (non-hydrogen) atoms. The fraction of sp³-hybridized carbons (Fsp3) is 0.0938. The van der Waals surface area contributed by atoms with Crippen LogP contribution < -0.4 is 10.2 Å². The van der Waals surface area contributed by atoms with Crippen molar-refractivity contribution in [2.24, 2.45) is 0 Å². The Morgan fingerprint density at radius 3 is 1.85 bits per heavy atom. The van der Waals surface area contributed by atoms with Crippen LogP contribution in [0.3, 0.4) is 0 Å². The summed E-state index contributed by atoms with van der Waals surface area (Å²) in [6.45, 7) is 2.74. The van der Waals surface area contributed by atoms with E-state index in [4.69, 9.17) is 11.6 Å². The van der Waals surface area contributed by atoms with E-state index in [1.165, 1.54) is 0 Å². The maximum absolute atomic E-state index is 13.6. The second-order valence-electron chi connectivity index (χ2n) is 9.26. The van der Waals surface area contributed by atoms with Crippen molar-refractivity contribution in [1.82, 2.24) is 4.90 Å². The van der Waals surface area contributed by atoms with Crippen molar-refractivity contribution in [1.29, 1.82) is 0 Å². The number of nitrogens with zero attached hydrogens (tertiary/aromatic N) is 2. The van der Waals surface area contributed by atoms with Crippen LogP contribution in [0.25, 0.3) is 0 Å². The van der Waals surface area contributed by atoms with E-state index in [0.717, 1.165) is 21.6 Å². The molecular formula is C32H26ClN3O3. The van der Waals surface area contributed by atoms with E-state index in [1.54, 1.807) is 41.3 Å². The molecule has 0 radical (unpaired) electrons. The number of carbonyl (C=O) groups excluding carboxylic acids is 3. The predicted octanol–water partition coefficient (Wildman–Crippen LogP) is 6.27. The lowest BCUT2D eigenvalue weighted by molar-refractivity contribution is -0.120. The first-order chi connectivity index (χ1) is 18.9. The van der Waals surface area contributed by atoms with Crippen LogP contribution in [0, 0.1) is 6.92 Å². The number of para-hydroxylation sites is 1. The van der Waals surface area contributed by atoms with E-state index >= 15 is 0 Å². The summed E-state index contributed by atoms with van der Waals surface area (Å²) in [4.78, 5) is 42.4. The second kappa shape index (κ2) is 11.4. The van der Waals surface area contributed by atoms with Gasteiger partial charge in [0.15, 0.2) is 0 Å². The molecule has 194 valence electrons. The lowest BCUT2D eigenvalue weighted by Crippen LogP contribution is -2.32. The average molecular weight is 536 g/mol. The molecule has 0 fully saturated rings. The van der Waals surface area contributed by atoms with E-state index < -0.39 is 11.8 Å². The third-order valence-electron chi connectivity index (χ3n) is 6.50. The van der Waals surface area contributed by atoms with Crippen LogP contribution in [0.1, 0.15) is 27.0 Å². The van der Waals surface area contributed by atoms with E-state index in [1.807, 2.05) is 79.7 Å². The summed E-state index contributed by atoms with van der Waals surface area (Å²) in [7, 11) is 0. The molecule has 3 amide bonds. The minimum absolute atomic E-state index is 0.00113. The number of nitrogens with one attached hydrogen (secondary N) is 1. The van der Waals surface area contributed by atoms with Gasteiger partial charge in [-0.05, 0) is 53.9 Å². The largest absolute Gasteiger partial charge is 0.350 e. The van der Waals surface area contributed by atoms with Gasteiger partial charge in [-0.2, -0.15) is 0 Å². The number of anilines is 2. The maximum atomic E-state index is 13.6. The first-order valence-electron chi connectivity index (χ1n) is 12.5. The lowest BCUT2D eigenvalue weighted by atomic mass is 10.1. The molecule has 1 aliphatic rings. The van der Waals surface area contributed by atoms with Crippen molar-refractivity contribution in [2.45, 2.75) is 20.0 Å². The Morgan fingerprint density at radius 1 is 0.744 bits per heavy atom. The highest BCUT2D eigenvalue weighted by molar-refractivity contribution is 6.53. The topological polar surface area (TPSA) is 69.7 Å². The summed E-state index contributed by atoms with van der Waals surface area (Å²) in [6, 6.07) is 33.6. The molecule has 0 saturated carbocycles. The van der Waals surface area contributed by atoms with Gasteiger partial charge in [0.05, 0.1) is 5.69 Å². The van der Waals surface area contributed by atoms with Crippen molar-refractivity contribution >= 4 is 40.7 Å². The fourth-order valence-electron chi connectivity index (χ4n) is 4.47. The Balaban J connectivity index is 1.34. The highest BCUT2D eigenvalue weighted by Gasteiger charge is 2.39. The number of benzene rings is 4. The summed E-state index contributed by atoms with van der Waals surface area (Å²) in [5.74, 6) is -1.23. The van der Waals surface area contributed by atoms with Crippen LogP contribution in [0.2, 0.25) is 0 Å². The molecular weight excluding hydrogens is 510 g/mol. The Morgan fingerprint density at radius 2 is 1.28 bits per heavy atom. The minimum atomic E-state index is -0.581. The lowest BCUT2D eigenvalue weighted by Gasteiger charge is -2.23. The number of rotatable bonds is 8. The first-order valence-corrected chi connectivity index (χ1v) is 12.9. The van der Waals surface area contributed by atoms with Crippen LogP contribution in [0.5, 0.6) is 0 Å². The minimum Gasteiger partial charge on any atom is -0.350 e. The summed E-state index contributed by atoms with van der Waals surface area (Å²) in [6.07, 6.45) is 0. The zero-order valence-electron chi connectivity index (χ0n) is 21.3. The van der Waals surface area contributed by atoms with Crippen molar-refractivity contribution in [3.8, 4) is 0 Å². The van der Waals surface area contributed by atoms with Crippen molar-refractivity contribution in [2.75, 3.05) is 10.2 Å². The van der Waals surface area contributed by atoms with Gasteiger partial charge in [0, 0.05) is 24.3 Å². The summed E-state index contributed by atoms with van der Waals surface area (Å²) in [5.41, 5.74) is 4.36. The number of hydrogen-bond acceptors (Lipinski definition) is 4. The molecule has 4 aromatic rings. The fourth-order valence-corrected chi connectivity index (χ4v) is 4.69. The number of imide groups is 1. The van der Waals surface area contributed by atoms with Crippen molar-refractivity contribution in [3.05, 3.63) is 142 Å². The quantitative estimate of drug-likeness (QED) is 0.270. The van der Waals surface area contributed by atoms with Gasteiger partial charge >= 0.3 is 0 Å². The summed E-state index contributed by atoms with van der Waals surface area (Å²) >= 11 is 6.29. The Bertz CT molecular complexity index is 1510. The molecule has 1 N–H and O–H groups in total. The van der Waals surface area contributed by atoms with Gasteiger partial charge in [-0.1, -0.05) is 90.5 Å². The van der Waals surface area contributed by atoms with E-state index in [9.17, 15) is 14.4 Å². The number of amides is 3. The van der Waals surface area contributed by atoms with Gasteiger partial charge in [-0.3, -0.25) is 14.4 Å². The average Bonchev–Trinajstić information content (AvgIpc) is 3.17. The zero-order valence-corrected chi connectivity index (χ0v) is 22.1. The zero-order chi connectivity index (χ0) is 27.4. The Kier molecular flexibility index (Phi) is 7.57. The normalized spacial score (nSPS) is 13.1. The van der Waals surface area contributed by atoms with Gasteiger partial charge in [0.1, 0.15) is 10.7 Å². The standard InChI is InChI=1S/C32H26ClN3O3/c1-22-10-8-9-15-27(22)36-31(38)28(33)29(32(36)39)34-26-18-16-25(17-19-26)30(37)35(20-23-11-4-2-5-12-23)21-24-13-6-3-7-14-24/h2-19,34H,20-21H2,1H3. The smallest absolute Gasteiger partial charge is 0.283 e. The van der Waals surface area contributed by atoms with E-state index in [0.29, 0.717) is 30.0 Å². The van der Waals surface area contributed by atoms with Crippen LogP contribution in [-0.4, -0.2) is 22.6 Å². The molecule has 6 nitrogen and oxygen atoms in total. The molecule has 5 rings (SSSR count). The third-order valence-corrected chi connectivity index (χ3v) is 6.86. The van der Waals surface area contributed by atoms with Crippen LogP contribution in [0.4, 0.5) is 11.4 Å². The molecule has 1 heterocycles. The molecule has 4 aromatic carbocycles. The molecule has 0 spiro atoms. The van der Waals surface area contributed by atoms with Gasteiger partial charge < -0.3 is 10.2 Å². The molecule has 0 aromatic heterocycles. The van der Waals surface area contributed by atoms with Crippen molar-refractivity contribution < 1.29 is 14.4 Å². The Hall–Kier alpha value is -4.68. The van der Waals surface area contributed by atoms with E-state index in [-0.39, 0.29) is 16.6 Å². The molecule has 0 unspecified atom stereocenters. The second-order valence-corrected chi connectivity index (χ2v) is 9.63. The maximum Gasteiger partial charge on any atom is 0.283 e. The number of carbonyl (C=O) groups is 3. The molecule has 0 aliphatic carbocycles. The molecule has 0 saturated heterocycles. The van der Waals surface area contributed by atoms with E-state index in [2.05, 4.69) is 5.32 Å². The molecule has 0 atom stereocenters. The molecule has 0 bridgehead atoms. The van der Waals surface area contributed by atoms with Gasteiger partial charge in [0.2, 0.25) is 0 Å². The van der Waals surface area contributed by atoms with Gasteiger partial charge in [-0.25, -0.2) is 4.90 Å². The Labute approximate surface area is 232 Å². The highest BCUT2D eigenvalue weighted by Crippen LogP contribution is 2.32. The SMILES string of the molecule is Cc1ccccc1N1C(=O)C(Cl)=C(Nc2ccc(C(=O)N(Cc3ccccc3)Cc3ccccc3)cc2)C1=O. The number of halogens is 1. The van der Waals surface area contributed by atoms with Gasteiger partial charge in [-0.15, -0.1) is 0 Å². The van der Waals surface area contributed by atoms with Gasteiger partial charge in [0.25, 0.3) is 17.7 Å².